The molecular formula is C24H16N6OS. The molecule has 7 nitrogen and oxygen atoms in total. The van der Waals surface area contributed by atoms with Crippen LogP contribution >= 0.6 is 0 Å². The number of imidazole rings is 2. The molecule has 0 saturated carbocycles. The number of hydrogen-bond donors (Lipinski definition) is 0. The quantitative estimate of drug-likeness (QED) is 0.411. The molecule has 32 heavy (non-hydrogen) atoms. The Morgan fingerprint density at radius 3 is 1.44 bits per heavy atom. The van der Waals surface area contributed by atoms with Crippen LogP contribution in [0.4, 0.5) is 0 Å². The van der Waals surface area contributed by atoms with Gasteiger partial charge < -0.3 is 0 Å². The van der Waals surface area contributed by atoms with Crippen LogP contribution in [0.25, 0.3) is 33.7 Å². The van der Waals surface area contributed by atoms with Crippen molar-refractivity contribution in [2.24, 2.45) is 0 Å². The van der Waals surface area contributed by atoms with Gasteiger partial charge in [0.15, 0.2) is 10.8 Å². The minimum absolute atomic E-state index is 0.359. The van der Waals surface area contributed by atoms with Crippen molar-refractivity contribution in [2.75, 3.05) is 0 Å². The Bertz CT molecular complexity index is 1470. The maximum absolute atomic E-state index is 14.1. The van der Waals surface area contributed by atoms with Crippen molar-refractivity contribution in [3.63, 3.8) is 0 Å². The van der Waals surface area contributed by atoms with E-state index < -0.39 is 10.8 Å². The first-order valence-corrected chi connectivity index (χ1v) is 11.2. The molecule has 0 spiro atoms. The zero-order valence-corrected chi connectivity index (χ0v) is 17.6. The monoisotopic (exact) mass is 436 g/mol. The average molecular weight is 437 g/mol. The molecule has 4 aromatic heterocycles. The van der Waals surface area contributed by atoms with Crippen molar-refractivity contribution in [2.45, 2.75) is 10.3 Å². The van der Waals surface area contributed by atoms with Crippen LogP contribution in [0.15, 0.2) is 108 Å². The van der Waals surface area contributed by atoms with Crippen LogP contribution in [-0.2, 0) is 10.8 Å². The van der Waals surface area contributed by atoms with E-state index in [4.69, 9.17) is 9.97 Å². The van der Waals surface area contributed by atoms with E-state index in [1.54, 1.807) is 12.4 Å². The Balaban J connectivity index is 1.64. The summed E-state index contributed by atoms with van der Waals surface area (Å²) >= 11 is 0. The van der Waals surface area contributed by atoms with Gasteiger partial charge in [-0.15, -0.1) is 0 Å². The van der Waals surface area contributed by atoms with E-state index in [0.29, 0.717) is 21.9 Å². The molecule has 0 radical (unpaired) electrons. The average Bonchev–Trinajstić information content (AvgIpc) is 3.44. The lowest BCUT2D eigenvalue weighted by molar-refractivity contribution is 0.662. The van der Waals surface area contributed by atoms with Gasteiger partial charge in [-0.1, -0.05) is 36.4 Å². The first-order valence-electron chi connectivity index (χ1n) is 10.0. The van der Waals surface area contributed by atoms with Crippen molar-refractivity contribution in [3.05, 3.63) is 97.3 Å². The van der Waals surface area contributed by atoms with Crippen molar-refractivity contribution in [1.29, 1.82) is 0 Å². The van der Waals surface area contributed by atoms with Gasteiger partial charge in [0.1, 0.15) is 11.6 Å². The number of rotatable bonds is 4. The highest BCUT2D eigenvalue weighted by atomic mass is 32.2. The first kappa shape index (κ1) is 18.6. The maximum Gasteiger partial charge on any atom is 0.214 e. The van der Waals surface area contributed by atoms with E-state index in [1.165, 1.54) is 0 Å². The van der Waals surface area contributed by atoms with E-state index >= 15 is 0 Å². The van der Waals surface area contributed by atoms with Crippen LogP contribution in [0.3, 0.4) is 0 Å². The van der Waals surface area contributed by atoms with Crippen LogP contribution in [0.5, 0.6) is 0 Å². The fourth-order valence-electron chi connectivity index (χ4n) is 3.75. The Morgan fingerprint density at radius 2 is 1.00 bits per heavy atom. The summed E-state index contributed by atoms with van der Waals surface area (Å²) in [6.45, 7) is 0. The van der Waals surface area contributed by atoms with Gasteiger partial charge in [0.25, 0.3) is 0 Å². The third kappa shape index (κ3) is 2.92. The number of benzene rings is 2. The van der Waals surface area contributed by atoms with E-state index in [9.17, 15) is 4.21 Å². The Hall–Kier alpha value is -4.17. The molecule has 2 aromatic carbocycles. The summed E-state index contributed by atoms with van der Waals surface area (Å²) in [5, 5.41) is 0.717. The molecular weight excluding hydrogens is 420 g/mol. The molecule has 8 heteroatoms. The van der Waals surface area contributed by atoms with Gasteiger partial charge in [0, 0.05) is 12.4 Å². The molecule has 0 aliphatic carbocycles. The molecule has 0 aliphatic rings. The predicted molar refractivity (Wildman–Crippen MR) is 122 cm³/mol. The van der Waals surface area contributed by atoms with Crippen molar-refractivity contribution < 1.29 is 4.21 Å². The second-order valence-electron chi connectivity index (χ2n) is 7.08. The van der Waals surface area contributed by atoms with Gasteiger partial charge >= 0.3 is 0 Å². The van der Waals surface area contributed by atoms with Gasteiger partial charge in [-0.2, -0.15) is 0 Å². The molecule has 4 heterocycles. The molecule has 6 aromatic rings. The van der Waals surface area contributed by atoms with E-state index in [1.807, 2.05) is 94.1 Å². The highest BCUT2D eigenvalue weighted by molar-refractivity contribution is 7.84. The predicted octanol–water partition coefficient (Wildman–Crippen LogP) is 4.32. The largest absolute Gasteiger partial charge is 0.269 e. The molecule has 0 atom stereocenters. The summed E-state index contributed by atoms with van der Waals surface area (Å²) in [4.78, 5) is 18.4. The van der Waals surface area contributed by atoms with Gasteiger partial charge in [-0.05, 0) is 48.5 Å². The summed E-state index contributed by atoms with van der Waals surface area (Å²) in [7, 11) is -1.71. The Kier molecular flexibility index (Phi) is 4.36. The third-order valence-electron chi connectivity index (χ3n) is 5.15. The minimum atomic E-state index is -1.71. The number of hydrogen-bond acceptors (Lipinski definition) is 5. The second kappa shape index (κ2) is 7.51. The van der Waals surface area contributed by atoms with Crippen LogP contribution in [-0.4, -0.2) is 33.3 Å². The van der Waals surface area contributed by atoms with Crippen LogP contribution in [0.1, 0.15) is 0 Å². The van der Waals surface area contributed by atoms with Crippen LogP contribution in [0, 0.1) is 0 Å². The van der Waals surface area contributed by atoms with Gasteiger partial charge in [0.05, 0.1) is 22.1 Å². The zero-order chi connectivity index (χ0) is 21.5. The van der Waals surface area contributed by atoms with Gasteiger partial charge in [-0.25, -0.2) is 24.1 Å². The standard InChI is InChI=1S/C24H16N6OS/c31-32(23-27-17-9-1-3-11-19(17)29(23)21-13-5-7-15-25-21)24-28-18-10-2-4-12-20(18)30(24)22-14-6-8-16-26-22/h1-16H. The van der Waals surface area contributed by atoms with E-state index in [-0.39, 0.29) is 0 Å². The van der Waals surface area contributed by atoms with Gasteiger partial charge in [-0.3, -0.25) is 9.13 Å². The highest BCUT2D eigenvalue weighted by Gasteiger charge is 2.25. The van der Waals surface area contributed by atoms with E-state index in [2.05, 4.69) is 9.97 Å². The SMILES string of the molecule is O=S(c1nc2ccccc2n1-c1ccccn1)c1nc2ccccc2n1-c1ccccn1. The molecule has 0 unspecified atom stereocenters. The second-order valence-corrected chi connectivity index (χ2v) is 8.35. The van der Waals surface area contributed by atoms with Gasteiger partial charge in [0.2, 0.25) is 10.3 Å². The number of fused-ring (bicyclic) bond motifs is 2. The molecule has 154 valence electrons. The van der Waals surface area contributed by atoms with Crippen molar-refractivity contribution in [1.82, 2.24) is 29.1 Å². The molecule has 0 fully saturated rings. The molecule has 0 saturated heterocycles. The maximum atomic E-state index is 14.1. The summed E-state index contributed by atoms with van der Waals surface area (Å²) in [5.74, 6) is 1.29. The van der Waals surface area contributed by atoms with Crippen LogP contribution < -0.4 is 0 Å². The summed E-state index contributed by atoms with van der Waals surface area (Å²) in [6.07, 6.45) is 3.42. The topological polar surface area (TPSA) is 78.5 Å². The summed E-state index contributed by atoms with van der Waals surface area (Å²) < 4.78 is 17.7. The normalized spacial score (nSPS) is 11.5. The number of nitrogens with zero attached hydrogens (tertiary/aromatic N) is 6. The minimum Gasteiger partial charge on any atom is -0.269 e. The van der Waals surface area contributed by atoms with E-state index in [0.717, 1.165) is 22.1 Å². The molecule has 0 N–H and O–H groups in total. The molecule has 0 aliphatic heterocycles. The van der Waals surface area contributed by atoms with Crippen molar-refractivity contribution in [3.8, 4) is 11.6 Å². The highest BCUT2D eigenvalue weighted by Crippen LogP contribution is 2.28. The number of aromatic nitrogens is 6. The summed E-state index contributed by atoms with van der Waals surface area (Å²) in [5.41, 5.74) is 3.13. The fraction of sp³-hybridized carbons (Fsp3) is 0. The lowest BCUT2D eigenvalue weighted by Crippen LogP contribution is -2.11. The number of para-hydroxylation sites is 4. The lowest BCUT2D eigenvalue weighted by atomic mass is 10.3. The Labute approximate surface area is 185 Å². The fourth-order valence-corrected chi connectivity index (χ4v) is 4.99. The smallest absolute Gasteiger partial charge is 0.214 e. The number of pyridine rings is 2. The Morgan fingerprint density at radius 1 is 0.562 bits per heavy atom. The van der Waals surface area contributed by atoms with Crippen molar-refractivity contribution >= 4 is 32.9 Å². The third-order valence-corrected chi connectivity index (χ3v) is 6.36. The molecule has 0 bridgehead atoms. The first-order chi connectivity index (χ1) is 15.8. The lowest BCUT2D eigenvalue weighted by Gasteiger charge is -2.10. The molecule has 6 rings (SSSR count). The molecule has 0 amide bonds. The van der Waals surface area contributed by atoms with Crippen LogP contribution in [0.2, 0.25) is 0 Å². The summed E-state index contributed by atoms with van der Waals surface area (Å²) in [6, 6.07) is 26.6. The zero-order valence-electron chi connectivity index (χ0n) is 16.7.